The number of anilines is 1. The normalized spacial score (nSPS) is 14.2. The van der Waals surface area contributed by atoms with E-state index in [9.17, 15) is 22.4 Å². The van der Waals surface area contributed by atoms with E-state index in [1.165, 1.54) is 15.3 Å². The van der Waals surface area contributed by atoms with Crippen molar-refractivity contribution < 1.29 is 27.1 Å². The minimum atomic E-state index is -3.70. The van der Waals surface area contributed by atoms with Crippen molar-refractivity contribution in [1.29, 1.82) is 0 Å². The average molecular weight is 624 g/mol. The lowest BCUT2D eigenvalue weighted by molar-refractivity contribution is -0.141. The van der Waals surface area contributed by atoms with Gasteiger partial charge in [0.05, 0.1) is 18.6 Å². The third-order valence-corrected chi connectivity index (χ3v) is 9.04. The van der Waals surface area contributed by atoms with Crippen LogP contribution in [0.15, 0.2) is 78.9 Å². The number of amides is 2. The summed E-state index contributed by atoms with van der Waals surface area (Å²) < 4.78 is 47.4. The lowest BCUT2D eigenvalue weighted by atomic mass is 10.0. The molecule has 2 amide bonds. The zero-order chi connectivity index (χ0) is 31.5. The summed E-state index contributed by atoms with van der Waals surface area (Å²) in [4.78, 5) is 29.3. The van der Waals surface area contributed by atoms with Gasteiger partial charge in [-0.3, -0.25) is 13.9 Å². The highest BCUT2D eigenvalue weighted by molar-refractivity contribution is 7.92. The molecule has 3 aromatic rings. The summed E-state index contributed by atoms with van der Waals surface area (Å²) in [5, 5.41) is 3.14. The van der Waals surface area contributed by atoms with E-state index in [1.54, 1.807) is 42.5 Å². The van der Waals surface area contributed by atoms with Crippen LogP contribution in [0.5, 0.6) is 5.75 Å². The Morgan fingerprint density at radius 2 is 1.64 bits per heavy atom. The van der Waals surface area contributed by atoms with Crippen molar-refractivity contribution in [1.82, 2.24) is 10.2 Å². The molecule has 8 nitrogen and oxygen atoms in total. The Hall–Kier alpha value is -3.92. The van der Waals surface area contributed by atoms with E-state index in [4.69, 9.17) is 4.74 Å². The molecule has 0 aromatic heterocycles. The van der Waals surface area contributed by atoms with Crippen LogP contribution in [0.3, 0.4) is 0 Å². The third-order valence-electron chi connectivity index (χ3n) is 7.86. The number of sulfonamides is 1. The fourth-order valence-corrected chi connectivity index (χ4v) is 6.62. The second-order valence-corrected chi connectivity index (χ2v) is 13.1. The van der Waals surface area contributed by atoms with Gasteiger partial charge in [0.1, 0.15) is 17.6 Å². The third kappa shape index (κ3) is 9.05. The van der Waals surface area contributed by atoms with E-state index in [0.29, 0.717) is 23.6 Å². The maximum atomic E-state index is 14.9. The number of hydrogen-bond donors (Lipinski definition) is 1. The molecule has 0 unspecified atom stereocenters. The van der Waals surface area contributed by atoms with Gasteiger partial charge >= 0.3 is 0 Å². The van der Waals surface area contributed by atoms with Crippen molar-refractivity contribution in [3.8, 4) is 5.75 Å². The Bertz CT molecular complexity index is 1500. The van der Waals surface area contributed by atoms with Crippen LogP contribution < -0.4 is 14.4 Å². The molecule has 0 heterocycles. The summed E-state index contributed by atoms with van der Waals surface area (Å²) in [6, 6.07) is 21.7. The molecule has 4 rings (SSSR count). The Balaban J connectivity index is 1.60. The molecule has 1 aliphatic rings. The molecular weight excluding hydrogens is 581 g/mol. The standard InChI is InChI=1S/C34H42FN3O5S/c1-3-43-32-21-12-11-20-30(32)38(44(2,41)42)23-13-22-33(39)37(25-27-16-7-10-19-29(27)35)31(24-26-14-5-4-6-15-26)34(40)36-28-17-8-9-18-28/h4-7,10-12,14-16,19-21,28,31H,3,8-9,13,17-18,22-25H2,1-2H3,(H,36,40)/t31-/m1/s1. The van der Waals surface area contributed by atoms with Gasteiger partial charge in [0.2, 0.25) is 21.8 Å². The number of nitrogens with one attached hydrogen (secondary N) is 1. The lowest BCUT2D eigenvalue weighted by Crippen LogP contribution is -2.52. The van der Waals surface area contributed by atoms with E-state index < -0.39 is 21.9 Å². The Morgan fingerprint density at radius 3 is 2.32 bits per heavy atom. The minimum Gasteiger partial charge on any atom is -0.492 e. The van der Waals surface area contributed by atoms with E-state index in [1.807, 2.05) is 37.3 Å². The van der Waals surface area contributed by atoms with Gasteiger partial charge in [-0.15, -0.1) is 0 Å². The molecule has 1 fully saturated rings. The number of nitrogens with zero attached hydrogens (tertiary/aromatic N) is 2. The molecule has 236 valence electrons. The van der Waals surface area contributed by atoms with Gasteiger partial charge < -0.3 is 15.0 Å². The first-order chi connectivity index (χ1) is 21.2. The highest BCUT2D eigenvalue weighted by Gasteiger charge is 2.33. The Labute approximate surface area is 260 Å². The quantitative estimate of drug-likeness (QED) is 0.242. The van der Waals surface area contributed by atoms with Crippen molar-refractivity contribution >= 4 is 27.5 Å². The SMILES string of the molecule is CCOc1ccccc1N(CCCC(=O)N(Cc1ccccc1F)[C@H](Cc1ccccc1)C(=O)NC1CCCC1)S(C)(=O)=O. The van der Waals surface area contributed by atoms with Crippen LogP contribution in [0.25, 0.3) is 0 Å². The minimum absolute atomic E-state index is 0.0276. The van der Waals surface area contributed by atoms with E-state index in [0.717, 1.165) is 37.5 Å². The van der Waals surface area contributed by atoms with Gasteiger partial charge in [0, 0.05) is 37.5 Å². The van der Waals surface area contributed by atoms with Crippen LogP contribution in [-0.2, 0) is 32.6 Å². The van der Waals surface area contributed by atoms with Gasteiger partial charge in [-0.05, 0) is 49.9 Å². The van der Waals surface area contributed by atoms with Crippen LogP contribution >= 0.6 is 0 Å². The molecule has 0 saturated heterocycles. The molecule has 0 radical (unpaired) electrons. The topological polar surface area (TPSA) is 96.0 Å². The first-order valence-electron chi connectivity index (χ1n) is 15.2. The van der Waals surface area contributed by atoms with Crippen LogP contribution in [0.2, 0.25) is 0 Å². The second-order valence-electron chi connectivity index (χ2n) is 11.1. The van der Waals surface area contributed by atoms with E-state index in [-0.39, 0.29) is 50.2 Å². The molecular formula is C34H42FN3O5S. The number of rotatable bonds is 15. The van der Waals surface area contributed by atoms with Crippen molar-refractivity contribution in [2.75, 3.05) is 23.7 Å². The van der Waals surface area contributed by atoms with Gasteiger partial charge in [-0.1, -0.05) is 73.5 Å². The molecule has 0 bridgehead atoms. The van der Waals surface area contributed by atoms with Crippen LogP contribution in [0.1, 0.15) is 56.6 Å². The molecule has 10 heteroatoms. The highest BCUT2D eigenvalue weighted by atomic mass is 32.2. The number of para-hydroxylation sites is 2. The predicted octanol–water partition coefficient (Wildman–Crippen LogP) is 5.47. The summed E-state index contributed by atoms with van der Waals surface area (Å²) in [6.07, 6.45) is 5.36. The Morgan fingerprint density at radius 1 is 0.977 bits per heavy atom. The monoisotopic (exact) mass is 623 g/mol. The molecule has 3 aromatic carbocycles. The number of benzene rings is 3. The number of ether oxygens (including phenoxy) is 1. The van der Waals surface area contributed by atoms with Crippen molar-refractivity contribution in [2.24, 2.45) is 0 Å². The fraction of sp³-hybridized carbons (Fsp3) is 0.412. The maximum absolute atomic E-state index is 14.9. The van der Waals surface area contributed by atoms with Crippen LogP contribution in [0, 0.1) is 5.82 Å². The van der Waals surface area contributed by atoms with Crippen molar-refractivity contribution in [2.45, 2.75) is 70.5 Å². The summed E-state index contributed by atoms with van der Waals surface area (Å²) in [6.45, 7) is 2.12. The van der Waals surface area contributed by atoms with Gasteiger partial charge in [0.15, 0.2) is 0 Å². The van der Waals surface area contributed by atoms with Gasteiger partial charge in [0.25, 0.3) is 0 Å². The predicted molar refractivity (Wildman–Crippen MR) is 170 cm³/mol. The molecule has 1 atom stereocenters. The molecule has 1 N–H and O–H groups in total. The number of halogens is 1. The first-order valence-corrected chi connectivity index (χ1v) is 17.1. The smallest absolute Gasteiger partial charge is 0.243 e. The lowest BCUT2D eigenvalue weighted by Gasteiger charge is -2.33. The van der Waals surface area contributed by atoms with E-state index >= 15 is 0 Å². The van der Waals surface area contributed by atoms with Crippen LogP contribution in [-0.4, -0.2) is 56.6 Å². The molecule has 0 spiro atoms. The van der Waals surface area contributed by atoms with E-state index in [2.05, 4.69) is 5.32 Å². The summed E-state index contributed by atoms with van der Waals surface area (Å²) in [7, 11) is -3.70. The Kier molecular flexibility index (Phi) is 11.8. The molecule has 44 heavy (non-hydrogen) atoms. The summed E-state index contributed by atoms with van der Waals surface area (Å²) in [5.74, 6) is -0.661. The maximum Gasteiger partial charge on any atom is 0.243 e. The van der Waals surface area contributed by atoms with Crippen LogP contribution in [0.4, 0.5) is 10.1 Å². The molecule has 1 saturated carbocycles. The first kappa shape index (κ1) is 33.0. The fourth-order valence-electron chi connectivity index (χ4n) is 5.65. The molecule has 1 aliphatic carbocycles. The van der Waals surface area contributed by atoms with Crippen molar-refractivity contribution in [3.63, 3.8) is 0 Å². The number of hydrogen-bond acceptors (Lipinski definition) is 5. The largest absolute Gasteiger partial charge is 0.492 e. The zero-order valence-electron chi connectivity index (χ0n) is 25.5. The highest BCUT2D eigenvalue weighted by Crippen LogP contribution is 2.30. The van der Waals surface area contributed by atoms with Gasteiger partial charge in [-0.25, -0.2) is 12.8 Å². The van der Waals surface area contributed by atoms with Crippen molar-refractivity contribution in [3.05, 3.63) is 95.8 Å². The molecule has 0 aliphatic heterocycles. The number of carbonyl (C=O) groups excluding carboxylic acids is 2. The zero-order valence-corrected chi connectivity index (χ0v) is 26.3. The summed E-state index contributed by atoms with van der Waals surface area (Å²) in [5.41, 5.74) is 1.57. The second kappa shape index (κ2) is 15.7. The average Bonchev–Trinajstić information content (AvgIpc) is 3.51. The summed E-state index contributed by atoms with van der Waals surface area (Å²) >= 11 is 0. The number of carbonyl (C=O) groups is 2. The van der Waals surface area contributed by atoms with Gasteiger partial charge in [-0.2, -0.15) is 0 Å².